The minimum atomic E-state index is 0.170. The molecule has 0 fully saturated rings. The maximum atomic E-state index is 4.54. The summed E-state index contributed by atoms with van der Waals surface area (Å²) in [6.45, 7) is 14.2. The van der Waals surface area contributed by atoms with Crippen LogP contribution in [0.15, 0.2) is 4.34 Å². The Morgan fingerprint density at radius 2 is 2.00 bits per heavy atom. The van der Waals surface area contributed by atoms with E-state index in [0.717, 1.165) is 23.1 Å². The van der Waals surface area contributed by atoms with E-state index in [0.29, 0.717) is 11.2 Å². The van der Waals surface area contributed by atoms with Gasteiger partial charge in [-0.2, -0.15) is 4.37 Å². The monoisotopic (exact) mass is 287 g/mol. The third-order valence-corrected chi connectivity index (χ3v) is 4.96. The first-order valence-corrected chi connectivity index (χ1v) is 8.21. The fourth-order valence-corrected chi connectivity index (χ4v) is 3.39. The summed E-state index contributed by atoms with van der Waals surface area (Å²) < 4.78 is 5.44. The number of nitrogens with zero attached hydrogens (tertiary/aromatic N) is 2. The molecule has 1 atom stereocenters. The standard InChI is InChI=1S/C13H25N3S2/c1-7-11-15-12(18-16-11)17-10(9(2)3)8-14-13(4,5)6/h9-10,14H,7-8H2,1-6H3. The van der Waals surface area contributed by atoms with Gasteiger partial charge in [0.15, 0.2) is 4.34 Å². The van der Waals surface area contributed by atoms with E-state index in [9.17, 15) is 0 Å². The van der Waals surface area contributed by atoms with Gasteiger partial charge in [0.2, 0.25) is 0 Å². The number of thioether (sulfide) groups is 1. The van der Waals surface area contributed by atoms with E-state index in [2.05, 4.69) is 56.2 Å². The quantitative estimate of drug-likeness (QED) is 0.811. The van der Waals surface area contributed by atoms with Crippen LogP contribution in [-0.4, -0.2) is 26.7 Å². The molecule has 1 N–H and O–H groups in total. The molecular formula is C13H25N3S2. The highest BCUT2D eigenvalue weighted by molar-refractivity contribution is 8.01. The maximum Gasteiger partial charge on any atom is 0.170 e. The number of aromatic nitrogens is 2. The van der Waals surface area contributed by atoms with Crippen molar-refractivity contribution in [3.8, 4) is 0 Å². The van der Waals surface area contributed by atoms with Gasteiger partial charge in [-0.05, 0) is 38.2 Å². The van der Waals surface area contributed by atoms with E-state index in [1.165, 1.54) is 11.5 Å². The normalized spacial score (nSPS) is 14.2. The number of hydrogen-bond acceptors (Lipinski definition) is 5. The molecule has 1 unspecified atom stereocenters. The van der Waals surface area contributed by atoms with Crippen LogP contribution in [0.3, 0.4) is 0 Å². The van der Waals surface area contributed by atoms with Crippen LogP contribution in [0, 0.1) is 5.92 Å². The van der Waals surface area contributed by atoms with Gasteiger partial charge in [0, 0.05) is 23.8 Å². The van der Waals surface area contributed by atoms with Crippen molar-refractivity contribution in [1.82, 2.24) is 14.7 Å². The van der Waals surface area contributed by atoms with Gasteiger partial charge in [-0.3, -0.25) is 0 Å². The summed E-state index contributed by atoms with van der Waals surface area (Å²) in [4.78, 5) is 4.54. The summed E-state index contributed by atoms with van der Waals surface area (Å²) >= 11 is 3.38. The van der Waals surface area contributed by atoms with Crippen molar-refractivity contribution in [2.45, 2.75) is 63.1 Å². The first kappa shape index (κ1) is 15.9. The molecule has 0 aliphatic heterocycles. The summed E-state index contributed by atoms with van der Waals surface area (Å²) in [5.74, 6) is 1.59. The molecule has 1 aromatic rings. The molecule has 1 rings (SSSR count). The molecule has 0 aliphatic rings. The summed E-state index contributed by atoms with van der Waals surface area (Å²) in [7, 11) is 0. The molecule has 1 heterocycles. The maximum absolute atomic E-state index is 4.54. The number of rotatable bonds is 6. The van der Waals surface area contributed by atoms with E-state index in [1.807, 2.05) is 11.8 Å². The summed E-state index contributed by atoms with van der Waals surface area (Å²) in [5.41, 5.74) is 0.170. The largest absolute Gasteiger partial charge is 0.311 e. The van der Waals surface area contributed by atoms with Crippen molar-refractivity contribution < 1.29 is 0 Å². The molecule has 1 aromatic heterocycles. The Bertz CT molecular complexity index is 355. The minimum absolute atomic E-state index is 0.170. The van der Waals surface area contributed by atoms with Crippen LogP contribution in [0.1, 0.15) is 47.4 Å². The first-order valence-electron chi connectivity index (χ1n) is 6.56. The Labute approximate surface area is 119 Å². The van der Waals surface area contributed by atoms with Crippen LogP contribution in [0.2, 0.25) is 0 Å². The lowest BCUT2D eigenvalue weighted by Gasteiger charge is -2.26. The molecule has 0 saturated carbocycles. The summed E-state index contributed by atoms with van der Waals surface area (Å²) in [6.07, 6.45) is 0.920. The van der Waals surface area contributed by atoms with E-state index in [4.69, 9.17) is 0 Å². The van der Waals surface area contributed by atoms with Crippen LogP contribution in [0.4, 0.5) is 0 Å². The second-order valence-electron chi connectivity index (χ2n) is 5.86. The zero-order valence-electron chi connectivity index (χ0n) is 12.3. The predicted molar refractivity (Wildman–Crippen MR) is 81.5 cm³/mol. The van der Waals surface area contributed by atoms with E-state index >= 15 is 0 Å². The molecule has 0 amide bonds. The average Bonchev–Trinajstić information content (AvgIpc) is 2.70. The Balaban J connectivity index is 2.57. The van der Waals surface area contributed by atoms with Crippen molar-refractivity contribution in [2.75, 3.05) is 6.54 Å². The molecule has 104 valence electrons. The zero-order chi connectivity index (χ0) is 13.8. The Hall–Kier alpha value is -0.130. The molecule has 0 aromatic carbocycles. The van der Waals surface area contributed by atoms with Crippen LogP contribution >= 0.6 is 23.3 Å². The van der Waals surface area contributed by atoms with Gasteiger partial charge in [0.05, 0.1) is 0 Å². The Morgan fingerprint density at radius 1 is 1.33 bits per heavy atom. The van der Waals surface area contributed by atoms with Gasteiger partial charge in [0.1, 0.15) is 5.82 Å². The third kappa shape index (κ3) is 5.67. The van der Waals surface area contributed by atoms with Crippen LogP contribution in [0.5, 0.6) is 0 Å². The second kappa shape index (κ2) is 6.87. The number of aryl methyl sites for hydroxylation is 1. The van der Waals surface area contributed by atoms with Crippen LogP contribution in [-0.2, 0) is 6.42 Å². The van der Waals surface area contributed by atoms with Crippen molar-refractivity contribution in [3.05, 3.63) is 5.82 Å². The first-order chi connectivity index (χ1) is 8.31. The third-order valence-electron chi connectivity index (χ3n) is 2.60. The zero-order valence-corrected chi connectivity index (χ0v) is 13.9. The second-order valence-corrected chi connectivity index (χ2v) is 8.10. The van der Waals surface area contributed by atoms with Crippen LogP contribution in [0.25, 0.3) is 0 Å². The van der Waals surface area contributed by atoms with Gasteiger partial charge >= 0.3 is 0 Å². The predicted octanol–water partition coefficient (Wildman–Crippen LogP) is 3.61. The smallest absolute Gasteiger partial charge is 0.170 e. The molecule has 5 heteroatoms. The lowest BCUT2D eigenvalue weighted by Crippen LogP contribution is -2.41. The molecule has 0 saturated heterocycles. The molecule has 0 radical (unpaired) electrons. The summed E-state index contributed by atoms with van der Waals surface area (Å²) in [5, 5.41) is 4.12. The van der Waals surface area contributed by atoms with Crippen molar-refractivity contribution in [2.24, 2.45) is 5.92 Å². The summed E-state index contributed by atoms with van der Waals surface area (Å²) in [6, 6.07) is 0. The minimum Gasteiger partial charge on any atom is -0.311 e. The van der Waals surface area contributed by atoms with E-state index in [-0.39, 0.29) is 5.54 Å². The van der Waals surface area contributed by atoms with Crippen molar-refractivity contribution in [3.63, 3.8) is 0 Å². The fourth-order valence-electron chi connectivity index (χ4n) is 1.38. The van der Waals surface area contributed by atoms with Gasteiger partial charge < -0.3 is 5.32 Å². The van der Waals surface area contributed by atoms with E-state index in [1.54, 1.807) is 0 Å². The lowest BCUT2D eigenvalue weighted by molar-refractivity contribution is 0.408. The van der Waals surface area contributed by atoms with Crippen molar-refractivity contribution in [1.29, 1.82) is 0 Å². The highest BCUT2D eigenvalue weighted by Gasteiger charge is 2.20. The lowest BCUT2D eigenvalue weighted by atomic mass is 10.1. The van der Waals surface area contributed by atoms with Gasteiger partial charge in [-0.1, -0.05) is 32.5 Å². The SMILES string of the molecule is CCc1nsc(SC(CNC(C)(C)C)C(C)C)n1. The topological polar surface area (TPSA) is 37.8 Å². The Morgan fingerprint density at radius 3 is 2.44 bits per heavy atom. The van der Waals surface area contributed by atoms with Crippen molar-refractivity contribution >= 4 is 23.3 Å². The van der Waals surface area contributed by atoms with Crippen LogP contribution < -0.4 is 5.32 Å². The molecule has 3 nitrogen and oxygen atoms in total. The van der Waals surface area contributed by atoms with E-state index < -0.39 is 0 Å². The molecule has 18 heavy (non-hydrogen) atoms. The highest BCUT2D eigenvalue weighted by atomic mass is 32.2. The number of nitrogens with one attached hydrogen (secondary N) is 1. The van der Waals surface area contributed by atoms with Gasteiger partial charge in [-0.15, -0.1) is 0 Å². The van der Waals surface area contributed by atoms with Gasteiger partial charge in [-0.25, -0.2) is 4.98 Å². The fraction of sp³-hybridized carbons (Fsp3) is 0.846. The highest BCUT2D eigenvalue weighted by Crippen LogP contribution is 2.29. The molecule has 0 spiro atoms. The number of hydrogen-bond donors (Lipinski definition) is 1. The Kier molecular flexibility index (Phi) is 6.08. The van der Waals surface area contributed by atoms with Gasteiger partial charge in [0.25, 0.3) is 0 Å². The average molecular weight is 287 g/mol. The molecule has 0 aliphatic carbocycles. The molecular weight excluding hydrogens is 262 g/mol. The molecule has 0 bridgehead atoms.